The summed E-state index contributed by atoms with van der Waals surface area (Å²) in [4.78, 5) is 11.6. The molecule has 1 saturated heterocycles. The molecule has 1 aliphatic heterocycles. The van der Waals surface area contributed by atoms with Crippen LogP contribution in [0.3, 0.4) is 0 Å². The molecule has 0 aliphatic carbocycles. The lowest BCUT2D eigenvalue weighted by molar-refractivity contribution is -0.122. The molecule has 2 rings (SSSR count). The van der Waals surface area contributed by atoms with E-state index in [1.54, 1.807) is 17.8 Å². The number of amides is 1. The van der Waals surface area contributed by atoms with E-state index >= 15 is 0 Å². The Morgan fingerprint density at radius 1 is 1.59 bits per heavy atom. The molecule has 3 nitrogen and oxygen atoms in total. The highest BCUT2D eigenvalue weighted by molar-refractivity contribution is 7.99. The number of hydrogen-bond acceptors (Lipinski definition) is 3. The third-order valence-corrected chi connectivity index (χ3v) is 3.57. The van der Waals surface area contributed by atoms with Crippen LogP contribution in [0.2, 0.25) is 0 Å². The van der Waals surface area contributed by atoms with E-state index in [1.165, 1.54) is 12.1 Å². The highest BCUT2D eigenvalue weighted by Crippen LogP contribution is 2.09. The SMILES string of the molecule is O=C(NCCc1cccc(F)c1)C1CSCN1. The summed E-state index contributed by atoms with van der Waals surface area (Å²) in [6.45, 7) is 0.547. The molecule has 1 unspecified atom stereocenters. The number of carbonyl (C=O) groups excluding carboxylic acids is 1. The number of thioether (sulfide) groups is 1. The molecule has 1 aromatic carbocycles. The van der Waals surface area contributed by atoms with Crippen LogP contribution in [0.5, 0.6) is 0 Å². The number of halogens is 1. The molecule has 1 amide bonds. The topological polar surface area (TPSA) is 41.1 Å². The fraction of sp³-hybridized carbons (Fsp3) is 0.417. The van der Waals surface area contributed by atoms with Crippen molar-refractivity contribution in [2.45, 2.75) is 12.5 Å². The Morgan fingerprint density at radius 2 is 2.47 bits per heavy atom. The molecule has 1 aromatic rings. The molecule has 0 radical (unpaired) electrons. The Bertz CT molecular complexity index is 394. The number of rotatable bonds is 4. The molecule has 5 heteroatoms. The summed E-state index contributed by atoms with van der Waals surface area (Å²) >= 11 is 1.72. The zero-order valence-electron chi connectivity index (χ0n) is 9.41. The Balaban J connectivity index is 1.73. The van der Waals surface area contributed by atoms with E-state index in [1.807, 2.05) is 6.07 Å². The molecule has 0 spiro atoms. The van der Waals surface area contributed by atoms with Crippen molar-refractivity contribution in [3.8, 4) is 0 Å². The maximum Gasteiger partial charge on any atom is 0.238 e. The summed E-state index contributed by atoms with van der Waals surface area (Å²) < 4.78 is 12.9. The van der Waals surface area contributed by atoms with Gasteiger partial charge in [-0.15, -0.1) is 11.8 Å². The number of nitrogens with one attached hydrogen (secondary N) is 2. The highest BCUT2D eigenvalue weighted by Gasteiger charge is 2.21. The minimum absolute atomic E-state index is 0.0337. The first-order chi connectivity index (χ1) is 8.25. The van der Waals surface area contributed by atoms with Gasteiger partial charge in [-0.2, -0.15) is 0 Å². The first kappa shape index (κ1) is 12.4. The molecule has 1 heterocycles. The van der Waals surface area contributed by atoms with Crippen molar-refractivity contribution in [1.29, 1.82) is 0 Å². The van der Waals surface area contributed by atoms with Gasteiger partial charge >= 0.3 is 0 Å². The third kappa shape index (κ3) is 3.71. The second-order valence-corrected chi connectivity index (χ2v) is 4.97. The molecule has 1 fully saturated rings. The number of benzene rings is 1. The zero-order chi connectivity index (χ0) is 12.1. The maximum absolute atomic E-state index is 12.9. The third-order valence-electron chi connectivity index (χ3n) is 2.63. The van der Waals surface area contributed by atoms with Crippen molar-refractivity contribution in [1.82, 2.24) is 10.6 Å². The molecule has 0 bridgehead atoms. The van der Waals surface area contributed by atoms with Gasteiger partial charge in [0.15, 0.2) is 0 Å². The van der Waals surface area contributed by atoms with E-state index in [0.717, 1.165) is 17.2 Å². The average molecular weight is 254 g/mol. The van der Waals surface area contributed by atoms with E-state index in [2.05, 4.69) is 10.6 Å². The lowest BCUT2D eigenvalue weighted by atomic mass is 10.1. The van der Waals surface area contributed by atoms with E-state index < -0.39 is 0 Å². The molecule has 17 heavy (non-hydrogen) atoms. The van der Waals surface area contributed by atoms with Gasteiger partial charge in [0, 0.05) is 18.2 Å². The lowest BCUT2D eigenvalue weighted by Gasteiger charge is -2.10. The quantitative estimate of drug-likeness (QED) is 0.847. The number of hydrogen-bond donors (Lipinski definition) is 2. The molecule has 2 N–H and O–H groups in total. The Morgan fingerprint density at radius 3 is 3.18 bits per heavy atom. The van der Waals surface area contributed by atoms with E-state index in [4.69, 9.17) is 0 Å². The van der Waals surface area contributed by atoms with Crippen LogP contribution in [0.1, 0.15) is 5.56 Å². The fourth-order valence-corrected chi connectivity index (χ4v) is 2.65. The summed E-state index contributed by atoms with van der Waals surface area (Å²) in [6, 6.07) is 6.38. The normalized spacial score (nSPS) is 19.2. The average Bonchev–Trinajstić information content (AvgIpc) is 2.82. The molecule has 0 aromatic heterocycles. The Hall–Kier alpha value is -1.07. The van der Waals surface area contributed by atoms with Gasteiger partial charge in [-0.05, 0) is 24.1 Å². The van der Waals surface area contributed by atoms with Crippen LogP contribution in [0, 0.1) is 5.82 Å². The van der Waals surface area contributed by atoms with Gasteiger partial charge in [-0.3, -0.25) is 10.1 Å². The van der Waals surface area contributed by atoms with Gasteiger partial charge in [0.25, 0.3) is 0 Å². The van der Waals surface area contributed by atoms with Crippen molar-refractivity contribution in [2.75, 3.05) is 18.2 Å². The molecule has 1 atom stereocenters. The van der Waals surface area contributed by atoms with Crippen LogP contribution in [0.25, 0.3) is 0 Å². The first-order valence-corrected chi connectivity index (χ1v) is 6.74. The van der Waals surface area contributed by atoms with Gasteiger partial charge < -0.3 is 5.32 Å². The largest absolute Gasteiger partial charge is 0.354 e. The van der Waals surface area contributed by atoms with Crippen LogP contribution in [0.15, 0.2) is 24.3 Å². The predicted molar refractivity (Wildman–Crippen MR) is 67.4 cm³/mol. The standard InChI is InChI=1S/C12H15FN2OS/c13-10-3-1-2-9(6-10)4-5-14-12(16)11-7-17-8-15-11/h1-3,6,11,15H,4-5,7-8H2,(H,14,16). The first-order valence-electron chi connectivity index (χ1n) is 5.59. The van der Waals surface area contributed by atoms with Gasteiger partial charge in [-0.1, -0.05) is 12.1 Å². The van der Waals surface area contributed by atoms with Gasteiger partial charge in [0.1, 0.15) is 5.82 Å². The zero-order valence-corrected chi connectivity index (χ0v) is 10.2. The van der Waals surface area contributed by atoms with E-state index in [-0.39, 0.29) is 17.8 Å². The summed E-state index contributed by atoms with van der Waals surface area (Å²) in [6.07, 6.45) is 0.656. The Labute approximate surface area is 104 Å². The minimum Gasteiger partial charge on any atom is -0.354 e. The molecule has 1 aliphatic rings. The van der Waals surface area contributed by atoms with Crippen LogP contribution in [-0.2, 0) is 11.2 Å². The maximum atomic E-state index is 12.9. The molecular weight excluding hydrogens is 239 g/mol. The van der Waals surface area contributed by atoms with Crippen LogP contribution < -0.4 is 10.6 Å². The summed E-state index contributed by atoms with van der Waals surface area (Å²) in [7, 11) is 0. The van der Waals surface area contributed by atoms with Gasteiger partial charge in [0.2, 0.25) is 5.91 Å². The van der Waals surface area contributed by atoms with Crippen molar-refractivity contribution >= 4 is 17.7 Å². The Kier molecular flexibility index (Phi) is 4.39. The molecule has 92 valence electrons. The second-order valence-electron chi connectivity index (χ2n) is 3.94. The van der Waals surface area contributed by atoms with Crippen molar-refractivity contribution in [2.24, 2.45) is 0 Å². The fourth-order valence-electron chi connectivity index (χ4n) is 1.71. The summed E-state index contributed by atoms with van der Waals surface area (Å²) in [5.74, 6) is 1.46. The van der Waals surface area contributed by atoms with Crippen molar-refractivity contribution in [3.63, 3.8) is 0 Å². The van der Waals surface area contributed by atoms with Crippen molar-refractivity contribution in [3.05, 3.63) is 35.6 Å². The monoisotopic (exact) mass is 254 g/mol. The van der Waals surface area contributed by atoms with Crippen molar-refractivity contribution < 1.29 is 9.18 Å². The van der Waals surface area contributed by atoms with Gasteiger partial charge in [-0.25, -0.2) is 4.39 Å². The highest BCUT2D eigenvalue weighted by atomic mass is 32.2. The van der Waals surface area contributed by atoms with Gasteiger partial charge in [0.05, 0.1) is 6.04 Å². The summed E-state index contributed by atoms with van der Waals surface area (Å²) in [5.41, 5.74) is 0.902. The second kappa shape index (κ2) is 6.02. The van der Waals surface area contributed by atoms with Crippen LogP contribution in [0.4, 0.5) is 4.39 Å². The van der Waals surface area contributed by atoms with Crippen LogP contribution >= 0.6 is 11.8 Å². The smallest absolute Gasteiger partial charge is 0.238 e. The lowest BCUT2D eigenvalue weighted by Crippen LogP contribution is -2.42. The predicted octanol–water partition coefficient (Wildman–Crippen LogP) is 1.15. The molecule has 0 saturated carbocycles. The van der Waals surface area contributed by atoms with Crippen LogP contribution in [-0.4, -0.2) is 30.1 Å². The minimum atomic E-state index is -0.234. The summed E-state index contributed by atoms with van der Waals surface area (Å²) in [5, 5.41) is 5.96. The van der Waals surface area contributed by atoms with E-state index in [9.17, 15) is 9.18 Å². The molecular formula is C12H15FN2OS. The van der Waals surface area contributed by atoms with E-state index in [0.29, 0.717) is 13.0 Å². The number of carbonyl (C=O) groups is 1.